The van der Waals surface area contributed by atoms with E-state index in [1.54, 1.807) is 0 Å². The molecule has 94 valence electrons. The van der Waals surface area contributed by atoms with Crippen LogP contribution < -0.4 is 9.47 Å². The summed E-state index contributed by atoms with van der Waals surface area (Å²) in [6.07, 6.45) is 2.27. The van der Waals surface area contributed by atoms with Gasteiger partial charge < -0.3 is 14.2 Å². The fraction of sp³-hybridized carbons (Fsp3) is 0.429. The van der Waals surface area contributed by atoms with Crippen LogP contribution in [0.2, 0.25) is 0 Å². The molecule has 0 spiro atoms. The zero-order valence-corrected chi connectivity index (χ0v) is 10.1. The van der Waals surface area contributed by atoms with Crippen molar-refractivity contribution >= 4 is 0 Å². The lowest BCUT2D eigenvalue weighted by Crippen LogP contribution is -2.36. The molecule has 2 unspecified atom stereocenters. The van der Waals surface area contributed by atoms with Gasteiger partial charge in [-0.05, 0) is 23.3 Å². The van der Waals surface area contributed by atoms with Gasteiger partial charge in [-0.15, -0.1) is 6.58 Å². The van der Waals surface area contributed by atoms with Crippen molar-refractivity contribution in [2.24, 2.45) is 0 Å². The van der Waals surface area contributed by atoms with E-state index in [4.69, 9.17) is 14.2 Å². The van der Waals surface area contributed by atoms with Crippen molar-refractivity contribution in [2.45, 2.75) is 12.2 Å². The highest BCUT2D eigenvalue weighted by Crippen LogP contribution is 2.48. The molecule has 0 N–H and O–H groups in total. The summed E-state index contributed by atoms with van der Waals surface area (Å²) < 4.78 is 16.9. The van der Waals surface area contributed by atoms with Crippen LogP contribution in [0.3, 0.4) is 0 Å². The lowest BCUT2D eigenvalue weighted by atomic mass is 10.0. The molecule has 1 aromatic carbocycles. The van der Waals surface area contributed by atoms with E-state index < -0.39 is 0 Å². The standard InChI is InChI=1S/C14H15NO3/c1-2-3-15-6-13-9-4-11-12(17-8-16-11)5-10(9)14(7-15)18-13/h2,4-5,13-14H,1,3,6-8H2. The number of rotatable bonds is 2. The lowest BCUT2D eigenvalue weighted by Gasteiger charge is -2.31. The second-order valence-electron chi connectivity index (χ2n) is 4.95. The van der Waals surface area contributed by atoms with Gasteiger partial charge in [-0.25, -0.2) is 0 Å². The smallest absolute Gasteiger partial charge is 0.231 e. The average molecular weight is 245 g/mol. The SMILES string of the molecule is C=CCN1CC2OC(C1)c1cc3c(cc12)OCO3. The summed E-state index contributed by atoms with van der Waals surface area (Å²) in [7, 11) is 0. The third kappa shape index (κ3) is 1.39. The summed E-state index contributed by atoms with van der Waals surface area (Å²) in [5, 5.41) is 0. The molecular formula is C14H15NO3. The van der Waals surface area contributed by atoms with E-state index >= 15 is 0 Å². The van der Waals surface area contributed by atoms with Crippen LogP contribution >= 0.6 is 0 Å². The summed E-state index contributed by atoms with van der Waals surface area (Å²) in [5.41, 5.74) is 2.52. The molecule has 0 aliphatic carbocycles. The van der Waals surface area contributed by atoms with Crippen LogP contribution in [-0.2, 0) is 4.74 Å². The van der Waals surface area contributed by atoms with Gasteiger partial charge in [0.1, 0.15) is 0 Å². The van der Waals surface area contributed by atoms with E-state index in [1.807, 2.05) is 6.08 Å². The first-order valence-electron chi connectivity index (χ1n) is 6.27. The molecule has 0 radical (unpaired) electrons. The zero-order valence-electron chi connectivity index (χ0n) is 10.1. The van der Waals surface area contributed by atoms with Crippen LogP contribution in [0, 0.1) is 0 Å². The molecule has 4 rings (SSSR count). The summed E-state index contributed by atoms with van der Waals surface area (Å²) in [6, 6.07) is 4.17. The van der Waals surface area contributed by atoms with E-state index in [9.17, 15) is 0 Å². The molecule has 0 amide bonds. The number of hydrogen-bond donors (Lipinski definition) is 0. The minimum absolute atomic E-state index is 0.160. The quantitative estimate of drug-likeness (QED) is 0.746. The van der Waals surface area contributed by atoms with Gasteiger partial charge in [-0.2, -0.15) is 0 Å². The Hall–Kier alpha value is -1.52. The van der Waals surface area contributed by atoms with Gasteiger partial charge >= 0.3 is 0 Å². The number of ether oxygens (including phenoxy) is 3. The minimum Gasteiger partial charge on any atom is -0.454 e. The number of hydrogen-bond acceptors (Lipinski definition) is 4. The first-order valence-corrected chi connectivity index (χ1v) is 6.27. The molecule has 3 aliphatic heterocycles. The van der Waals surface area contributed by atoms with Crippen molar-refractivity contribution in [1.82, 2.24) is 4.90 Å². The zero-order chi connectivity index (χ0) is 12.1. The molecule has 18 heavy (non-hydrogen) atoms. The molecule has 1 saturated heterocycles. The second-order valence-corrected chi connectivity index (χ2v) is 4.95. The highest BCUT2D eigenvalue weighted by Gasteiger charge is 2.39. The van der Waals surface area contributed by atoms with Crippen LogP contribution in [-0.4, -0.2) is 31.3 Å². The predicted molar refractivity (Wildman–Crippen MR) is 65.8 cm³/mol. The van der Waals surface area contributed by atoms with Crippen LogP contribution in [0.25, 0.3) is 0 Å². The first kappa shape index (κ1) is 10.4. The Balaban J connectivity index is 1.72. The van der Waals surface area contributed by atoms with Crippen molar-refractivity contribution in [2.75, 3.05) is 26.4 Å². The molecule has 3 aliphatic rings. The van der Waals surface area contributed by atoms with Crippen LogP contribution in [0.5, 0.6) is 11.5 Å². The van der Waals surface area contributed by atoms with Crippen molar-refractivity contribution in [3.63, 3.8) is 0 Å². The van der Waals surface area contributed by atoms with Gasteiger partial charge in [0.05, 0.1) is 12.2 Å². The van der Waals surface area contributed by atoms with Crippen LogP contribution in [0.4, 0.5) is 0 Å². The fourth-order valence-corrected chi connectivity index (χ4v) is 3.03. The van der Waals surface area contributed by atoms with E-state index in [-0.39, 0.29) is 12.2 Å². The first-order chi connectivity index (χ1) is 8.85. The fourth-order valence-electron chi connectivity index (χ4n) is 3.03. The molecule has 2 bridgehead atoms. The number of nitrogens with zero attached hydrogens (tertiary/aromatic N) is 1. The molecule has 1 fully saturated rings. The Morgan fingerprint density at radius 2 is 1.78 bits per heavy atom. The van der Waals surface area contributed by atoms with E-state index in [0.717, 1.165) is 31.1 Å². The maximum Gasteiger partial charge on any atom is 0.231 e. The highest BCUT2D eigenvalue weighted by atomic mass is 16.7. The second kappa shape index (κ2) is 3.73. The summed E-state index contributed by atoms with van der Waals surface area (Å²) in [5.74, 6) is 1.69. The van der Waals surface area contributed by atoms with Crippen LogP contribution in [0.15, 0.2) is 24.8 Å². The predicted octanol–water partition coefficient (Wildman–Crippen LogP) is 2.03. The Labute approximate surface area is 106 Å². The molecule has 3 heterocycles. The normalized spacial score (nSPS) is 28.2. The molecule has 2 atom stereocenters. The molecule has 4 nitrogen and oxygen atoms in total. The molecule has 0 aromatic heterocycles. The van der Waals surface area contributed by atoms with E-state index in [2.05, 4.69) is 23.6 Å². The van der Waals surface area contributed by atoms with Gasteiger partial charge in [0.15, 0.2) is 11.5 Å². The highest BCUT2D eigenvalue weighted by molar-refractivity contribution is 5.52. The summed E-state index contributed by atoms with van der Waals surface area (Å²) in [6.45, 7) is 6.90. The van der Waals surface area contributed by atoms with Gasteiger partial charge in [-0.3, -0.25) is 4.90 Å². The Morgan fingerprint density at radius 1 is 1.17 bits per heavy atom. The number of morpholine rings is 1. The van der Waals surface area contributed by atoms with Gasteiger partial charge in [-0.1, -0.05) is 6.08 Å². The lowest BCUT2D eigenvalue weighted by molar-refractivity contribution is -0.0644. The molecule has 4 heteroatoms. The van der Waals surface area contributed by atoms with Crippen molar-refractivity contribution < 1.29 is 14.2 Å². The Morgan fingerprint density at radius 3 is 2.33 bits per heavy atom. The Kier molecular flexibility index (Phi) is 2.16. The monoisotopic (exact) mass is 245 g/mol. The maximum atomic E-state index is 6.04. The molecule has 0 saturated carbocycles. The largest absolute Gasteiger partial charge is 0.454 e. The Bertz CT molecular complexity index is 475. The third-order valence-corrected chi connectivity index (χ3v) is 3.84. The molecular weight excluding hydrogens is 230 g/mol. The maximum absolute atomic E-state index is 6.04. The summed E-state index contributed by atoms with van der Waals surface area (Å²) >= 11 is 0. The van der Waals surface area contributed by atoms with Gasteiger partial charge in [0.2, 0.25) is 6.79 Å². The molecule has 1 aromatic rings. The van der Waals surface area contributed by atoms with E-state index in [1.165, 1.54) is 11.1 Å². The number of fused-ring (bicyclic) bond motifs is 6. The topological polar surface area (TPSA) is 30.9 Å². The van der Waals surface area contributed by atoms with Crippen molar-refractivity contribution in [3.05, 3.63) is 35.9 Å². The van der Waals surface area contributed by atoms with Crippen molar-refractivity contribution in [3.8, 4) is 11.5 Å². The van der Waals surface area contributed by atoms with Crippen molar-refractivity contribution in [1.29, 1.82) is 0 Å². The van der Waals surface area contributed by atoms with E-state index in [0.29, 0.717) is 6.79 Å². The summed E-state index contributed by atoms with van der Waals surface area (Å²) in [4.78, 5) is 2.37. The average Bonchev–Trinajstić information content (AvgIpc) is 2.92. The number of benzene rings is 1. The van der Waals surface area contributed by atoms with Gasteiger partial charge in [0, 0.05) is 19.6 Å². The van der Waals surface area contributed by atoms with Gasteiger partial charge in [0.25, 0.3) is 0 Å². The van der Waals surface area contributed by atoms with Crippen LogP contribution in [0.1, 0.15) is 23.3 Å². The third-order valence-electron chi connectivity index (χ3n) is 3.84. The minimum atomic E-state index is 0.160.